The summed E-state index contributed by atoms with van der Waals surface area (Å²) in [6.07, 6.45) is -2.92. The SMILES string of the molecule is COc1ccc(C2=C[C@@H](c3ccc4c(c3)OCO4)n3nc(C(F)(F)F)nc3N2)cc1OC. The number of anilines is 1. The second kappa shape index (κ2) is 7.36. The first kappa shape index (κ1) is 20.0. The zero-order valence-electron chi connectivity index (χ0n) is 16.9. The van der Waals surface area contributed by atoms with Crippen LogP contribution in [-0.2, 0) is 6.18 Å². The number of methoxy groups -OCH3 is 2. The van der Waals surface area contributed by atoms with Crippen LogP contribution in [-0.4, -0.2) is 35.8 Å². The van der Waals surface area contributed by atoms with Crippen molar-refractivity contribution in [1.82, 2.24) is 14.8 Å². The number of nitrogens with zero attached hydrogens (tertiary/aromatic N) is 3. The van der Waals surface area contributed by atoms with Gasteiger partial charge in [-0.25, -0.2) is 4.68 Å². The maximum absolute atomic E-state index is 13.3. The van der Waals surface area contributed by atoms with Crippen molar-refractivity contribution in [3.05, 3.63) is 59.4 Å². The lowest BCUT2D eigenvalue weighted by Gasteiger charge is -2.25. The lowest BCUT2D eigenvalue weighted by molar-refractivity contribution is -0.145. The minimum absolute atomic E-state index is 0.0349. The van der Waals surface area contributed by atoms with E-state index < -0.39 is 18.0 Å². The largest absolute Gasteiger partial charge is 0.493 e. The van der Waals surface area contributed by atoms with Gasteiger partial charge in [-0.3, -0.25) is 0 Å². The van der Waals surface area contributed by atoms with Crippen LogP contribution < -0.4 is 24.3 Å². The number of aromatic nitrogens is 3. The number of hydrogen-bond acceptors (Lipinski definition) is 7. The van der Waals surface area contributed by atoms with E-state index in [1.807, 2.05) is 0 Å². The van der Waals surface area contributed by atoms with Crippen LogP contribution in [0, 0.1) is 0 Å². The molecule has 166 valence electrons. The highest BCUT2D eigenvalue weighted by molar-refractivity contribution is 5.78. The van der Waals surface area contributed by atoms with Gasteiger partial charge < -0.3 is 24.3 Å². The van der Waals surface area contributed by atoms with Crippen LogP contribution in [0.15, 0.2) is 42.5 Å². The maximum atomic E-state index is 13.3. The monoisotopic (exact) mass is 446 g/mol. The van der Waals surface area contributed by atoms with Crippen molar-refractivity contribution in [3.63, 3.8) is 0 Å². The van der Waals surface area contributed by atoms with Crippen molar-refractivity contribution in [2.24, 2.45) is 0 Å². The molecule has 0 amide bonds. The molecule has 0 saturated heterocycles. The van der Waals surface area contributed by atoms with E-state index in [4.69, 9.17) is 18.9 Å². The normalized spacial score (nSPS) is 16.8. The fourth-order valence-electron chi connectivity index (χ4n) is 3.62. The average molecular weight is 446 g/mol. The average Bonchev–Trinajstić information content (AvgIpc) is 3.44. The van der Waals surface area contributed by atoms with Crippen LogP contribution in [0.1, 0.15) is 23.0 Å². The van der Waals surface area contributed by atoms with Gasteiger partial charge in [0.25, 0.3) is 5.82 Å². The number of halogens is 3. The van der Waals surface area contributed by atoms with Crippen LogP contribution in [0.4, 0.5) is 19.1 Å². The van der Waals surface area contributed by atoms with Crippen molar-refractivity contribution in [2.75, 3.05) is 26.3 Å². The minimum atomic E-state index is -4.69. The number of benzene rings is 2. The molecule has 0 radical (unpaired) electrons. The first-order chi connectivity index (χ1) is 15.4. The van der Waals surface area contributed by atoms with E-state index in [9.17, 15) is 13.2 Å². The van der Waals surface area contributed by atoms with Gasteiger partial charge in [-0.05, 0) is 42.0 Å². The van der Waals surface area contributed by atoms with Gasteiger partial charge in [0.2, 0.25) is 12.7 Å². The van der Waals surface area contributed by atoms with Crippen molar-refractivity contribution >= 4 is 11.6 Å². The van der Waals surface area contributed by atoms with E-state index in [0.29, 0.717) is 39.8 Å². The quantitative estimate of drug-likeness (QED) is 0.647. The summed E-state index contributed by atoms with van der Waals surface area (Å²) in [5, 5.41) is 6.66. The summed E-state index contributed by atoms with van der Waals surface area (Å²) in [5.41, 5.74) is 1.88. The van der Waals surface area contributed by atoms with E-state index >= 15 is 0 Å². The van der Waals surface area contributed by atoms with Gasteiger partial charge >= 0.3 is 6.18 Å². The van der Waals surface area contributed by atoms with Gasteiger partial charge in [0.05, 0.1) is 14.2 Å². The van der Waals surface area contributed by atoms with Crippen LogP contribution in [0.2, 0.25) is 0 Å². The summed E-state index contributed by atoms with van der Waals surface area (Å²) in [6, 6.07) is 9.73. The molecule has 3 aromatic rings. The molecule has 0 aliphatic carbocycles. The molecule has 0 fully saturated rings. The van der Waals surface area contributed by atoms with Crippen LogP contribution >= 0.6 is 0 Å². The number of alkyl halides is 3. The Labute approximate surface area is 180 Å². The molecule has 11 heteroatoms. The number of rotatable bonds is 4. The molecule has 1 atom stereocenters. The Hall–Kier alpha value is -3.89. The predicted molar refractivity (Wildman–Crippen MR) is 107 cm³/mol. The lowest BCUT2D eigenvalue weighted by Crippen LogP contribution is -2.20. The Morgan fingerprint density at radius 2 is 1.81 bits per heavy atom. The third-order valence-electron chi connectivity index (χ3n) is 5.15. The lowest BCUT2D eigenvalue weighted by atomic mass is 10.0. The highest BCUT2D eigenvalue weighted by atomic mass is 19.4. The van der Waals surface area contributed by atoms with Crippen LogP contribution in [0.5, 0.6) is 23.0 Å². The van der Waals surface area contributed by atoms with E-state index in [-0.39, 0.29) is 12.7 Å². The summed E-state index contributed by atoms with van der Waals surface area (Å²) < 4.78 is 62.6. The van der Waals surface area contributed by atoms with E-state index in [1.54, 1.807) is 42.5 Å². The summed E-state index contributed by atoms with van der Waals surface area (Å²) in [7, 11) is 3.03. The minimum Gasteiger partial charge on any atom is -0.493 e. The van der Waals surface area contributed by atoms with E-state index in [2.05, 4.69) is 15.4 Å². The number of ether oxygens (including phenoxy) is 4. The number of allylic oxidation sites excluding steroid dienone is 1. The van der Waals surface area contributed by atoms with Gasteiger partial charge in [-0.1, -0.05) is 6.07 Å². The number of hydrogen-bond donors (Lipinski definition) is 1. The molecule has 0 spiro atoms. The van der Waals surface area contributed by atoms with Crippen molar-refractivity contribution in [3.8, 4) is 23.0 Å². The Morgan fingerprint density at radius 1 is 1.03 bits per heavy atom. The van der Waals surface area contributed by atoms with Crippen molar-refractivity contribution in [2.45, 2.75) is 12.2 Å². The molecule has 1 aromatic heterocycles. The third kappa shape index (κ3) is 3.35. The number of nitrogens with one attached hydrogen (secondary N) is 1. The topological polar surface area (TPSA) is 79.7 Å². The standard InChI is InChI=1S/C21H17F3N4O4/c1-29-15-5-3-11(7-17(15)30-2)13-9-14(12-4-6-16-18(8-12)32-10-31-16)28-20(25-13)26-19(27-28)21(22,23)24/h3-9,14H,10H2,1-2H3,(H,25,26,27)/t14-/m0/s1. The summed E-state index contributed by atoms with van der Waals surface area (Å²) in [6.45, 7) is 0.0878. The molecule has 32 heavy (non-hydrogen) atoms. The molecule has 0 saturated carbocycles. The van der Waals surface area contributed by atoms with Crippen molar-refractivity contribution in [1.29, 1.82) is 0 Å². The fraction of sp³-hybridized carbons (Fsp3) is 0.238. The molecule has 8 nitrogen and oxygen atoms in total. The van der Waals surface area contributed by atoms with Crippen molar-refractivity contribution < 1.29 is 32.1 Å². The summed E-state index contributed by atoms with van der Waals surface area (Å²) in [4.78, 5) is 3.69. The van der Waals surface area contributed by atoms with Gasteiger partial charge in [0.1, 0.15) is 6.04 Å². The maximum Gasteiger partial charge on any atom is 0.453 e. The Balaban J connectivity index is 1.62. The first-order valence-corrected chi connectivity index (χ1v) is 9.52. The van der Waals surface area contributed by atoms with E-state index in [1.165, 1.54) is 18.9 Å². The highest BCUT2D eigenvalue weighted by Gasteiger charge is 2.39. The zero-order valence-corrected chi connectivity index (χ0v) is 16.9. The molecule has 3 heterocycles. The molecule has 0 unspecified atom stereocenters. The Kier molecular flexibility index (Phi) is 4.61. The molecule has 5 rings (SSSR count). The van der Waals surface area contributed by atoms with Gasteiger partial charge in [0, 0.05) is 11.3 Å². The van der Waals surface area contributed by atoms with E-state index in [0.717, 1.165) is 0 Å². The van der Waals surface area contributed by atoms with Crippen LogP contribution in [0.25, 0.3) is 5.70 Å². The third-order valence-corrected chi connectivity index (χ3v) is 5.15. The Morgan fingerprint density at radius 3 is 2.56 bits per heavy atom. The second-order valence-electron chi connectivity index (χ2n) is 7.03. The van der Waals surface area contributed by atoms with Crippen LogP contribution in [0.3, 0.4) is 0 Å². The van der Waals surface area contributed by atoms with Gasteiger partial charge in [-0.2, -0.15) is 18.2 Å². The smallest absolute Gasteiger partial charge is 0.453 e. The molecular weight excluding hydrogens is 429 g/mol. The Bertz CT molecular complexity index is 1220. The molecule has 1 N–H and O–H groups in total. The predicted octanol–water partition coefficient (Wildman–Crippen LogP) is 4.10. The molecular formula is C21H17F3N4O4. The fourth-order valence-corrected chi connectivity index (χ4v) is 3.62. The molecule has 2 aliphatic rings. The van der Waals surface area contributed by atoms with Gasteiger partial charge in [0.15, 0.2) is 23.0 Å². The summed E-state index contributed by atoms with van der Waals surface area (Å²) >= 11 is 0. The number of fused-ring (bicyclic) bond motifs is 2. The zero-order chi connectivity index (χ0) is 22.5. The molecule has 2 aromatic carbocycles. The first-order valence-electron chi connectivity index (χ1n) is 9.52. The second-order valence-corrected chi connectivity index (χ2v) is 7.03. The highest BCUT2D eigenvalue weighted by Crippen LogP contribution is 2.40. The molecule has 2 aliphatic heterocycles. The van der Waals surface area contributed by atoms with Gasteiger partial charge in [-0.15, -0.1) is 5.10 Å². The molecule has 0 bridgehead atoms. The summed E-state index contributed by atoms with van der Waals surface area (Å²) in [5.74, 6) is 0.833.